The first-order valence-corrected chi connectivity index (χ1v) is 11.4. The topological polar surface area (TPSA) is 257 Å². The van der Waals surface area contributed by atoms with Gasteiger partial charge in [-0.3, -0.25) is 4.79 Å². The SMILES string of the molecule is CC(=O)NC1[C@H](OC2[C@H](O)OC(C)[C@H](O)[C@H]2O[C@H]2O[C@H](CO)[C@@H](O)C(O)C2O)OC(CO)[C@H](O)[C@@H]1O. The molecule has 16 nitrogen and oxygen atoms in total. The summed E-state index contributed by atoms with van der Waals surface area (Å²) in [7, 11) is 0. The molecule has 16 heteroatoms. The Kier molecular flexibility index (Phi) is 9.97. The number of aliphatic hydroxyl groups is 9. The van der Waals surface area contributed by atoms with Crippen molar-refractivity contribution in [3.05, 3.63) is 0 Å². The van der Waals surface area contributed by atoms with E-state index >= 15 is 0 Å². The third-order valence-electron chi connectivity index (χ3n) is 6.46. The summed E-state index contributed by atoms with van der Waals surface area (Å²) >= 11 is 0. The van der Waals surface area contributed by atoms with Crippen LogP contribution in [0.5, 0.6) is 0 Å². The Morgan fingerprint density at radius 1 is 0.722 bits per heavy atom. The second-order valence-electron chi connectivity index (χ2n) is 9.05. The average Bonchev–Trinajstić information content (AvgIpc) is 2.83. The molecule has 0 aliphatic carbocycles. The number of carbonyl (C=O) groups is 1. The summed E-state index contributed by atoms with van der Waals surface area (Å²) < 4.78 is 27.4. The van der Waals surface area contributed by atoms with Gasteiger partial charge in [-0.05, 0) is 6.92 Å². The van der Waals surface area contributed by atoms with Crippen LogP contribution in [0.2, 0.25) is 0 Å². The Bertz CT molecular complexity index is 729. The van der Waals surface area contributed by atoms with Gasteiger partial charge in [0.25, 0.3) is 0 Å². The van der Waals surface area contributed by atoms with E-state index in [4.69, 9.17) is 23.7 Å². The number of hydrogen-bond donors (Lipinski definition) is 10. The Morgan fingerprint density at radius 2 is 1.25 bits per heavy atom. The van der Waals surface area contributed by atoms with E-state index in [1.807, 2.05) is 0 Å². The predicted octanol–water partition coefficient (Wildman–Crippen LogP) is -6.40. The van der Waals surface area contributed by atoms with Crippen molar-refractivity contribution in [2.45, 2.75) is 106 Å². The van der Waals surface area contributed by atoms with Gasteiger partial charge >= 0.3 is 0 Å². The number of rotatable bonds is 7. The van der Waals surface area contributed by atoms with E-state index in [1.165, 1.54) is 6.92 Å². The lowest BCUT2D eigenvalue weighted by atomic mass is 9.95. The van der Waals surface area contributed by atoms with Crippen LogP contribution >= 0.6 is 0 Å². The van der Waals surface area contributed by atoms with Gasteiger partial charge in [-0.15, -0.1) is 0 Å². The van der Waals surface area contributed by atoms with E-state index in [0.29, 0.717) is 0 Å². The van der Waals surface area contributed by atoms with Crippen LogP contribution in [0.4, 0.5) is 0 Å². The van der Waals surface area contributed by atoms with Crippen molar-refractivity contribution in [2.24, 2.45) is 0 Å². The lowest BCUT2D eigenvalue weighted by Gasteiger charge is -2.48. The number of carbonyl (C=O) groups excluding carboxylic acids is 1. The molecule has 36 heavy (non-hydrogen) atoms. The second-order valence-corrected chi connectivity index (χ2v) is 9.05. The van der Waals surface area contributed by atoms with Crippen molar-refractivity contribution in [1.29, 1.82) is 0 Å². The first kappa shape index (κ1) is 29.5. The molecule has 0 radical (unpaired) electrons. The van der Waals surface area contributed by atoms with Crippen molar-refractivity contribution >= 4 is 5.91 Å². The molecule has 0 bridgehead atoms. The van der Waals surface area contributed by atoms with Crippen LogP contribution in [-0.4, -0.2) is 157 Å². The standard InChI is InChI=1S/C20H35NO15/c1-5-10(25)16(35-20-15(30)14(29)12(27)8(4-23)34-20)17(18(31)32-5)36-19-9(21-6(2)24)13(28)11(26)7(3-22)33-19/h5,7-20,22-23,25-31H,3-4H2,1-2H3,(H,21,24)/t5?,7?,8-,9?,10+,11+,12-,13-,14?,15?,16-,17?,18-,19+,20-/m1/s1. The maximum Gasteiger partial charge on any atom is 0.217 e. The molecule has 3 fully saturated rings. The third-order valence-corrected chi connectivity index (χ3v) is 6.46. The van der Waals surface area contributed by atoms with Gasteiger partial charge in [-0.1, -0.05) is 0 Å². The summed E-state index contributed by atoms with van der Waals surface area (Å²) in [6, 6.07) is -1.39. The highest BCUT2D eigenvalue weighted by Crippen LogP contribution is 2.32. The fourth-order valence-electron chi connectivity index (χ4n) is 4.38. The number of nitrogens with one attached hydrogen (secondary N) is 1. The zero-order chi connectivity index (χ0) is 26.9. The lowest BCUT2D eigenvalue weighted by molar-refractivity contribution is -0.378. The summed E-state index contributed by atoms with van der Waals surface area (Å²) in [5, 5.41) is 93.6. The minimum Gasteiger partial charge on any atom is -0.394 e. The highest BCUT2D eigenvalue weighted by Gasteiger charge is 2.53. The van der Waals surface area contributed by atoms with Crippen molar-refractivity contribution in [3.63, 3.8) is 0 Å². The molecule has 6 unspecified atom stereocenters. The van der Waals surface area contributed by atoms with Gasteiger partial charge in [0, 0.05) is 6.92 Å². The monoisotopic (exact) mass is 529 g/mol. The van der Waals surface area contributed by atoms with Gasteiger partial charge in [-0.2, -0.15) is 0 Å². The molecule has 15 atom stereocenters. The van der Waals surface area contributed by atoms with Gasteiger partial charge < -0.3 is 75.0 Å². The van der Waals surface area contributed by atoms with Crippen molar-refractivity contribution < 1.29 is 74.4 Å². The quantitative estimate of drug-likeness (QED) is 0.147. The lowest BCUT2D eigenvalue weighted by Crippen LogP contribution is -2.68. The zero-order valence-electron chi connectivity index (χ0n) is 19.5. The fraction of sp³-hybridized carbons (Fsp3) is 0.950. The molecule has 0 aromatic carbocycles. The number of amides is 1. The number of aliphatic hydroxyl groups excluding tert-OH is 9. The Hall–Kier alpha value is -1.09. The van der Waals surface area contributed by atoms with E-state index in [-0.39, 0.29) is 0 Å². The van der Waals surface area contributed by atoms with Crippen LogP contribution in [-0.2, 0) is 28.5 Å². The van der Waals surface area contributed by atoms with Crippen LogP contribution in [0.3, 0.4) is 0 Å². The molecule has 1 amide bonds. The van der Waals surface area contributed by atoms with E-state index in [1.54, 1.807) is 0 Å². The maximum absolute atomic E-state index is 11.7. The summed E-state index contributed by atoms with van der Waals surface area (Å²) in [4.78, 5) is 11.7. The Morgan fingerprint density at radius 3 is 1.81 bits per heavy atom. The Labute approximate surface area is 205 Å². The molecular formula is C20H35NO15. The van der Waals surface area contributed by atoms with Crippen molar-refractivity contribution in [1.82, 2.24) is 5.32 Å². The van der Waals surface area contributed by atoms with Gasteiger partial charge in [0.2, 0.25) is 5.91 Å². The normalized spacial score (nSPS) is 50.0. The average molecular weight is 529 g/mol. The predicted molar refractivity (Wildman–Crippen MR) is 111 cm³/mol. The molecule has 3 saturated heterocycles. The van der Waals surface area contributed by atoms with Crippen LogP contribution in [0.1, 0.15) is 13.8 Å². The van der Waals surface area contributed by atoms with E-state index < -0.39 is 111 Å². The zero-order valence-corrected chi connectivity index (χ0v) is 19.5. The Balaban J connectivity index is 1.86. The van der Waals surface area contributed by atoms with Gasteiger partial charge in [0.05, 0.1) is 19.3 Å². The van der Waals surface area contributed by atoms with E-state index in [0.717, 1.165) is 6.92 Å². The highest BCUT2D eigenvalue weighted by atomic mass is 16.8. The van der Waals surface area contributed by atoms with Crippen LogP contribution in [0.15, 0.2) is 0 Å². The van der Waals surface area contributed by atoms with Gasteiger partial charge in [0.1, 0.15) is 67.1 Å². The molecule has 3 rings (SSSR count). The van der Waals surface area contributed by atoms with E-state index in [9.17, 15) is 50.8 Å². The molecule has 3 aliphatic heterocycles. The summed E-state index contributed by atoms with van der Waals surface area (Å²) in [5.74, 6) is -0.630. The van der Waals surface area contributed by atoms with Crippen LogP contribution in [0.25, 0.3) is 0 Å². The summed E-state index contributed by atoms with van der Waals surface area (Å²) in [6.07, 6.45) is -22.1. The molecule has 0 spiro atoms. The highest BCUT2D eigenvalue weighted by molar-refractivity contribution is 5.73. The smallest absolute Gasteiger partial charge is 0.217 e. The van der Waals surface area contributed by atoms with Crippen molar-refractivity contribution in [2.75, 3.05) is 13.2 Å². The molecule has 3 aliphatic rings. The molecule has 0 aromatic heterocycles. The van der Waals surface area contributed by atoms with Gasteiger partial charge in [0.15, 0.2) is 18.9 Å². The van der Waals surface area contributed by atoms with Gasteiger partial charge in [-0.25, -0.2) is 0 Å². The number of ether oxygens (including phenoxy) is 5. The van der Waals surface area contributed by atoms with Crippen LogP contribution in [0, 0.1) is 0 Å². The van der Waals surface area contributed by atoms with Crippen LogP contribution < -0.4 is 5.32 Å². The molecular weight excluding hydrogens is 494 g/mol. The summed E-state index contributed by atoms with van der Waals surface area (Å²) in [6.45, 7) is 1.05. The molecule has 0 saturated carbocycles. The minimum absolute atomic E-state index is 0.630. The number of hydrogen-bond acceptors (Lipinski definition) is 15. The first-order valence-electron chi connectivity index (χ1n) is 11.4. The fourth-order valence-corrected chi connectivity index (χ4v) is 4.38. The minimum atomic E-state index is -1.83. The second kappa shape index (κ2) is 12.2. The third kappa shape index (κ3) is 5.97. The molecule has 10 N–H and O–H groups in total. The van der Waals surface area contributed by atoms with Crippen molar-refractivity contribution in [3.8, 4) is 0 Å². The molecule has 0 aromatic rings. The summed E-state index contributed by atoms with van der Waals surface area (Å²) in [5.41, 5.74) is 0. The first-order chi connectivity index (χ1) is 16.9. The molecule has 210 valence electrons. The largest absolute Gasteiger partial charge is 0.394 e. The van der Waals surface area contributed by atoms with E-state index in [2.05, 4.69) is 5.32 Å². The maximum atomic E-state index is 11.7. The molecule has 3 heterocycles.